The van der Waals surface area contributed by atoms with Crippen LogP contribution >= 0.6 is 0 Å². The van der Waals surface area contributed by atoms with Crippen molar-refractivity contribution in [1.82, 2.24) is 20.1 Å². The van der Waals surface area contributed by atoms with Crippen molar-refractivity contribution < 1.29 is 27.2 Å². The topological polar surface area (TPSA) is 120 Å². The molecular weight excluding hydrogens is 585 g/mol. The van der Waals surface area contributed by atoms with E-state index in [0.717, 1.165) is 61.5 Å². The van der Waals surface area contributed by atoms with E-state index in [0.29, 0.717) is 31.4 Å². The van der Waals surface area contributed by atoms with Crippen LogP contribution in [0, 0.1) is 10.8 Å². The van der Waals surface area contributed by atoms with Gasteiger partial charge in [0.2, 0.25) is 11.8 Å². The molecular formula is C33H39F3N6O3. The summed E-state index contributed by atoms with van der Waals surface area (Å²) >= 11 is 0. The Balaban J connectivity index is 1.12. The quantitative estimate of drug-likeness (QED) is 0.311. The molecule has 6 aliphatic carbocycles. The van der Waals surface area contributed by atoms with Gasteiger partial charge in [0.05, 0.1) is 5.41 Å². The maximum Gasteiger partial charge on any atom is 0.422 e. The number of nitrogens with two attached hydrogens (primary N) is 1. The third kappa shape index (κ3) is 5.38. The van der Waals surface area contributed by atoms with Crippen LogP contribution in [0.3, 0.4) is 0 Å². The molecule has 2 heterocycles. The molecule has 45 heavy (non-hydrogen) atoms. The summed E-state index contributed by atoms with van der Waals surface area (Å²) in [5, 5.41) is 4.30. The first-order valence-corrected chi connectivity index (χ1v) is 15.7. The zero-order valence-electron chi connectivity index (χ0n) is 25.9. The average Bonchev–Trinajstić information content (AvgIpc) is 3.50. The van der Waals surface area contributed by atoms with Gasteiger partial charge in [-0.05, 0) is 80.9 Å². The number of carbonyl (C=O) groups excluding carboxylic acids is 1. The van der Waals surface area contributed by atoms with E-state index < -0.39 is 18.2 Å². The second-order valence-electron chi connectivity index (χ2n) is 15.2. The summed E-state index contributed by atoms with van der Waals surface area (Å²) in [6.07, 6.45) is 6.26. The third-order valence-electron chi connectivity index (χ3n) is 10.7. The lowest BCUT2D eigenvalue weighted by Gasteiger charge is -2.68. The van der Waals surface area contributed by atoms with Crippen LogP contribution in [0.15, 0.2) is 41.2 Å². The smallest absolute Gasteiger partial charge is 0.422 e. The molecule has 0 aliphatic heterocycles. The summed E-state index contributed by atoms with van der Waals surface area (Å²) < 4.78 is 48.1. The molecule has 0 atom stereocenters. The summed E-state index contributed by atoms with van der Waals surface area (Å²) in [5.74, 6) is 1.61. The minimum atomic E-state index is -4.48. The molecule has 0 spiro atoms. The number of rotatable bonds is 8. The maximum absolute atomic E-state index is 14.3. The molecule has 4 bridgehead atoms. The van der Waals surface area contributed by atoms with Crippen molar-refractivity contribution in [2.24, 2.45) is 16.6 Å². The summed E-state index contributed by atoms with van der Waals surface area (Å²) in [7, 11) is 0. The third-order valence-corrected chi connectivity index (χ3v) is 10.7. The first-order chi connectivity index (χ1) is 21.1. The average molecular weight is 625 g/mol. The van der Waals surface area contributed by atoms with E-state index in [9.17, 15) is 18.0 Å². The van der Waals surface area contributed by atoms with Crippen LogP contribution in [0.4, 0.5) is 18.9 Å². The van der Waals surface area contributed by atoms with Gasteiger partial charge in [-0.15, -0.1) is 0 Å². The number of amides is 1. The fourth-order valence-corrected chi connectivity index (χ4v) is 8.10. The largest absolute Gasteiger partial charge is 0.454 e. The van der Waals surface area contributed by atoms with E-state index in [1.54, 1.807) is 0 Å². The molecule has 2 aromatic heterocycles. The summed E-state index contributed by atoms with van der Waals surface area (Å²) in [6, 6.07) is 7.31. The molecule has 1 amide bonds. The van der Waals surface area contributed by atoms with E-state index in [1.807, 2.05) is 29.2 Å². The number of aromatic nitrogens is 4. The Hall–Kier alpha value is -3.54. The molecule has 9 rings (SSSR count). The van der Waals surface area contributed by atoms with Crippen LogP contribution in [0.5, 0.6) is 6.01 Å². The number of carbonyl (C=O) groups is 1. The fourth-order valence-electron chi connectivity index (χ4n) is 8.10. The lowest BCUT2D eigenvalue weighted by Crippen LogP contribution is -2.76. The number of benzene rings is 1. The second kappa shape index (κ2) is 9.98. The van der Waals surface area contributed by atoms with Crippen molar-refractivity contribution in [3.05, 3.63) is 48.4 Å². The Morgan fingerprint density at radius 3 is 2.20 bits per heavy atom. The van der Waals surface area contributed by atoms with Gasteiger partial charge in [0.1, 0.15) is 0 Å². The van der Waals surface area contributed by atoms with Crippen LogP contribution in [0.1, 0.15) is 90.3 Å². The van der Waals surface area contributed by atoms with E-state index in [2.05, 4.69) is 40.6 Å². The number of anilines is 1. The SMILES string of the molecule is CC(C)(C)c1noc(C23CCC(CN(C(=O)C45CC(N)(C4)C5)c4cccc(-c5cnc(OCC(F)(F)F)nc5)c4)(CC2)CC3)n1. The number of ether oxygens (including phenoxy) is 1. The summed E-state index contributed by atoms with van der Waals surface area (Å²) in [4.78, 5) is 29.1. The van der Waals surface area contributed by atoms with Crippen LogP contribution in [0.25, 0.3) is 11.1 Å². The first kappa shape index (κ1) is 30.1. The maximum atomic E-state index is 14.3. The number of nitrogens with zero attached hydrogens (tertiary/aromatic N) is 5. The number of fused-ring (bicyclic) bond motifs is 3. The van der Waals surface area contributed by atoms with Gasteiger partial charge in [-0.1, -0.05) is 38.1 Å². The van der Waals surface area contributed by atoms with Crippen LogP contribution in [-0.4, -0.2) is 50.9 Å². The lowest BCUT2D eigenvalue weighted by molar-refractivity contribution is -0.169. The summed E-state index contributed by atoms with van der Waals surface area (Å²) in [5.41, 5.74) is 7.61. The van der Waals surface area contributed by atoms with Gasteiger partial charge in [-0.3, -0.25) is 4.79 Å². The number of alkyl halides is 3. The minimum Gasteiger partial charge on any atom is -0.454 e. The Bertz CT molecular complexity index is 1570. The molecule has 6 saturated carbocycles. The van der Waals surface area contributed by atoms with Gasteiger partial charge >= 0.3 is 12.2 Å². The second-order valence-corrected chi connectivity index (χ2v) is 15.2. The number of halogens is 3. The van der Waals surface area contributed by atoms with Gasteiger partial charge in [-0.25, -0.2) is 9.97 Å². The molecule has 6 fully saturated rings. The number of hydrogen-bond acceptors (Lipinski definition) is 8. The standard InChI is InChI=1S/C33H39F3N6O3/c1-28(2,3)24-40-25(45-41-24)30-10-7-29(8-11-30,9-12-30)19-42(26(43)31-16-32(37,17-31)18-31)23-6-4-5-21(13-23)22-14-38-27(39-15-22)44-20-33(34,35)36/h4-6,13-15H,7-12,16-20,37H2,1-3H3. The van der Waals surface area contributed by atoms with Gasteiger partial charge in [-0.2, -0.15) is 18.2 Å². The number of hydrogen-bond donors (Lipinski definition) is 1. The molecule has 9 nitrogen and oxygen atoms in total. The van der Waals surface area contributed by atoms with Crippen molar-refractivity contribution in [2.45, 2.75) is 101 Å². The van der Waals surface area contributed by atoms with E-state index in [4.69, 9.17) is 15.2 Å². The minimum absolute atomic E-state index is 0.0230. The fraction of sp³-hybridized carbons (Fsp3) is 0.606. The van der Waals surface area contributed by atoms with Crippen LogP contribution in [-0.2, 0) is 15.6 Å². The molecule has 240 valence electrons. The molecule has 1 aromatic carbocycles. The van der Waals surface area contributed by atoms with Gasteiger partial charge < -0.3 is 19.9 Å². The molecule has 3 aromatic rings. The van der Waals surface area contributed by atoms with Crippen LogP contribution in [0.2, 0.25) is 0 Å². The predicted octanol–water partition coefficient (Wildman–Crippen LogP) is 6.27. The zero-order valence-corrected chi connectivity index (χ0v) is 25.9. The van der Waals surface area contributed by atoms with Crippen molar-refractivity contribution in [3.63, 3.8) is 0 Å². The van der Waals surface area contributed by atoms with Crippen molar-refractivity contribution in [2.75, 3.05) is 18.1 Å². The van der Waals surface area contributed by atoms with E-state index in [1.165, 1.54) is 12.4 Å². The highest BCUT2D eigenvalue weighted by Gasteiger charge is 2.70. The monoisotopic (exact) mass is 624 g/mol. The van der Waals surface area contributed by atoms with Gasteiger partial charge in [0, 0.05) is 46.6 Å². The highest BCUT2D eigenvalue weighted by molar-refractivity contribution is 6.00. The summed E-state index contributed by atoms with van der Waals surface area (Å²) in [6.45, 7) is 5.41. The van der Waals surface area contributed by atoms with Gasteiger partial charge in [0.15, 0.2) is 12.4 Å². The molecule has 2 N–H and O–H groups in total. The van der Waals surface area contributed by atoms with E-state index in [-0.39, 0.29) is 33.7 Å². The lowest BCUT2D eigenvalue weighted by atomic mass is 9.39. The Morgan fingerprint density at radius 1 is 1.00 bits per heavy atom. The van der Waals surface area contributed by atoms with Crippen molar-refractivity contribution >= 4 is 11.6 Å². The molecule has 6 aliphatic rings. The van der Waals surface area contributed by atoms with Gasteiger partial charge in [0.25, 0.3) is 0 Å². The predicted molar refractivity (Wildman–Crippen MR) is 159 cm³/mol. The zero-order chi connectivity index (χ0) is 31.9. The van der Waals surface area contributed by atoms with Crippen LogP contribution < -0.4 is 15.4 Å². The molecule has 0 radical (unpaired) electrons. The highest BCUT2D eigenvalue weighted by atomic mass is 19.4. The first-order valence-electron chi connectivity index (χ1n) is 15.7. The van der Waals surface area contributed by atoms with Crippen molar-refractivity contribution in [3.8, 4) is 17.1 Å². The Morgan fingerprint density at radius 2 is 1.64 bits per heavy atom. The van der Waals surface area contributed by atoms with E-state index >= 15 is 0 Å². The Labute approximate surface area is 260 Å². The molecule has 0 saturated heterocycles. The molecule has 0 unspecified atom stereocenters. The Kier molecular flexibility index (Phi) is 6.68. The normalized spacial score (nSPS) is 30.4. The van der Waals surface area contributed by atoms with Crippen molar-refractivity contribution in [1.29, 1.82) is 0 Å². The highest BCUT2D eigenvalue weighted by Crippen LogP contribution is 2.67. The molecule has 12 heteroatoms.